The molecule has 1 aliphatic rings. The first-order chi connectivity index (χ1) is 8.31. The highest BCUT2D eigenvalue weighted by Crippen LogP contribution is 2.16. The Morgan fingerprint density at radius 3 is 3.06 bits per heavy atom. The van der Waals surface area contributed by atoms with Crippen LogP contribution in [-0.2, 0) is 0 Å². The average molecular weight is 234 g/mol. The summed E-state index contributed by atoms with van der Waals surface area (Å²) in [5, 5.41) is 0. The van der Waals surface area contributed by atoms with Crippen molar-refractivity contribution in [3.8, 4) is 0 Å². The van der Waals surface area contributed by atoms with E-state index in [1.807, 2.05) is 0 Å². The molecule has 1 saturated heterocycles. The molecule has 0 radical (unpaired) electrons. The monoisotopic (exact) mass is 234 g/mol. The van der Waals surface area contributed by atoms with Crippen LogP contribution < -0.4 is 5.73 Å². The maximum atomic E-state index is 12.0. The molecule has 1 aliphatic heterocycles. The van der Waals surface area contributed by atoms with Crippen molar-refractivity contribution in [3.63, 3.8) is 0 Å². The second-order valence-corrected chi connectivity index (χ2v) is 4.37. The number of carbonyl (C=O) groups excluding carboxylic acids is 1. The second kappa shape index (κ2) is 5.84. The van der Waals surface area contributed by atoms with Crippen molar-refractivity contribution in [3.05, 3.63) is 24.3 Å². The van der Waals surface area contributed by atoms with Gasteiger partial charge in [-0.25, -0.2) is 4.98 Å². The molecule has 2 heterocycles. The lowest BCUT2D eigenvalue weighted by Crippen LogP contribution is -2.46. The number of piperidine rings is 1. The van der Waals surface area contributed by atoms with Gasteiger partial charge in [-0.1, -0.05) is 6.42 Å². The van der Waals surface area contributed by atoms with Crippen molar-refractivity contribution in [2.75, 3.05) is 19.6 Å². The lowest BCUT2D eigenvalue weighted by molar-refractivity contribution is 0.0846. The van der Waals surface area contributed by atoms with Crippen LogP contribution in [0.2, 0.25) is 0 Å². The van der Waals surface area contributed by atoms with E-state index in [-0.39, 0.29) is 5.78 Å². The van der Waals surface area contributed by atoms with Gasteiger partial charge in [0, 0.05) is 25.0 Å². The molecule has 0 bridgehead atoms. The first-order valence-electron chi connectivity index (χ1n) is 6.04. The summed E-state index contributed by atoms with van der Waals surface area (Å²) < 4.78 is 0. The van der Waals surface area contributed by atoms with Crippen LogP contribution in [0.1, 0.15) is 29.8 Å². The van der Waals surface area contributed by atoms with E-state index < -0.39 is 0 Å². The molecule has 1 aromatic heterocycles. The molecule has 2 rings (SSSR count). The number of rotatable bonds is 4. The van der Waals surface area contributed by atoms with Crippen LogP contribution >= 0.6 is 0 Å². The minimum atomic E-state index is 0.0263. The molecule has 0 saturated carbocycles. The molecule has 17 heavy (non-hydrogen) atoms. The van der Waals surface area contributed by atoms with Gasteiger partial charge in [0.25, 0.3) is 0 Å². The summed E-state index contributed by atoms with van der Waals surface area (Å²) >= 11 is 0. The highest BCUT2D eigenvalue weighted by atomic mass is 16.1. The van der Waals surface area contributed by atoms with Gasteiger partial charge >= 0.3 is 0 Å². The van der Waals surface area contributed by atoms with Crippen LogP contribution in [-0.4, -0.2) is 46.3 Å². The molecule has 2 N–H and O–H groups in total. The van der Waals surface area contributed by atoms with Crippen LogP contribution in [0.5, 0.6) is 0 Å². The van der Waals surface area contributed by atoms with Crippen LogP contribution in [0, 0.1) is 0 Å². The molecular formula is C12H18N4O. The molecule has 0 aromatic carbocycles. The van der Waals surface area contributed by atoms with Gasteiger partial charge < -0.3 is 5.73 Å². The van der Waals surface area contributed by atoms with E-state index in [2.05, 4.69) is 14.9 Å². The molecule has 5 heteroatoms. The number of carbonyl (C=O) groups is 1. The summed E-state index contributed by atoms with van der Waals surface area (Å²) in [6, 6.07) is 0.337. The highest BCUT2D eigenvalue weighted by molar-refractivity contribution is 5.95. The van der Waals surface area contributed by atoms with E-state index in [4.69, 9.17) is 5.73 Å². The Kier molecular flexibility index (Phi) is 4.17. The second-order valence-electron chi connectivity index (χ2n) is 4.37. The topological polar surface area (TPSA) is 72.1 Å². The van der Waals surface area contributed by atoms with Gasteiger partial charge in [-0.05, 0) is 19.4 Å². The third kappa shape index (κ3) is 3.08. The Balaban J connectivity index is 1.98. The van der Waals surface area contributed by atoms with Crippen molar-refractivity contribution < 1.29 is 4.79 Å². The van der Waals surface area contributed by atoms with Gasteiger partial charge in [-0.3, -0.25) is 14.7 Å². The Morgan fingerprint density at radius 2 is 2.35 bits per heavy atom. The zero-order chi connectivity index (χ0) is 12.1. The molecule has 1 fully saturated rings. The van der Waals surface area contributed by atoms with Crippen molar-refractivity contribution >= 4 is 5.78 Å². The molecule has 1 aromatic rings. The smallest absolute Gasteiger partial charge is 0.196 e. The van der Waals surface area contributed by atoms with Gasteiger partial charge in [-0.15, -0.1) is 0 Å². The zero-order valence-electron chi connectivity index (χ0n) is 9.88. The standard InChI is InChI=1S/C12H18N4O/c13-7-10-3-1-2-6-16(10)9-12(17)11-8-14-4-5-15-11/h4-5,8,10H,1-3,6-7,9,13H2/t10-/m0/s1. The minimum Gasteiger partial charge on any atom is -0.329 e. The number of Topliss-reactive ketones (excluding diaryl/α,β-unsaturated/α-hetero) is 1. The Hall–Kier alpha value is -1.33. The van der Waals surface area contributed by atoms with Crippen molar-refractivity contribution in [2.45, 2.75) is 25.3 Å². The normalized spacial score (nSPS) is 21.4. The first-order valence-corrected chi connectivity index (χ1v) is 6.04. The van der Waals surface area contributed by atoms with Crippen molar-refractivity contribution in [1.29, 1.82) is 0 Å². The summed E-state index contributed by atoms with van der Waals surface area (Å²) in [5.41, 5.74) is 6.17. The van der Waals surface area contributed by atoms with Gasteiger partial charge in [0.15, 0.2) is 5.78 Å². The average Bonchev–Trinajstić information content (AvgIpc) is 2.40. The third-order valence-corrected chi connectivity index (χ3v) is 3.22. The maximum Gasteiger partial charge on any atom is 0.196 e. The fourth-order valence-electron chi connectivity index (χ4n) is 2.24. The van der Waals surface area contributed by atoms with Gasteiger partial charge in [0.2, 0.25) is 0 Å². The predicted octanol–water partition coefficient (Wildman–Crippen LogP) is 0.472. The number of likely N-dealkylation sites (tertiary alicyclic amines) is 1. The molecule has 1 atom stereocenters. The molecule has 0 aliphatic carbocycles. The summed E-state index contributed by atoms with van der Waals surface area (Å²) in [6.45, 7) is 1.97. The van der Waals surface area contributed by atoms with Gasteiger partial charge in [0.1, 0.15) is 5.69 Å². The number of hydrogen-bond donors (Lipinski definition) is 1. The Morgan fingerprint density at radius 1 is 1.47 bits per heavy atom. The Labute approximate surface area is 101 Å². The fourth-order valence-corrected chi connectivity index (χ4v) is 2.24. The minimum absolute atomic E-state index is 0.0263. The zero-order valence-corrected chi connectivity index (χ0v) is 9.88. The molecule has 0 spiro atoms. The van der Waals surface area contributed by atoms with Crippen molar-refractivity contribution in [2.24, 2.45) is 5.73 Å². The summed E-state index contributed by atoms with van der Waals surface area (Å²) in [4.78, 5) is 22.1. The number of nitrogens with zero attached hydrogens (tertiary/aromatic N) is 3. The molecular weight excluding hydrogens is 216 g/mol. The highest BCUT2D eigenvalue weighted by Gasteiger charge is 2.23. The number of aromatic nitrogens is 2. The van der Waals surface area contributed by atoms with Crippen LogP contribution in [0.25, 0.3) is 0 Å². The van der Waals surface area contributed by atoms with E-state index >= 15 is 0 Å². The lowest BCUT2D eigenvalue weighted by atomic mass is 10.0. The molecule has 0 amide bonds. The summed E-state index contributed by atoms with van der Waals surface area (Å²) in [6.07, 6.45) is 8.07. The van der Waals surface area contributed by atoms with E-state index in [0.29, 0.717) is 24.8 Å². The SMILES string of the molecule is NC[C@@H]1CCCCN1CC(=O)c1cnccn1. The number of hydrogen-bond acceptors (Lipinski definition) is 5. The van der Waals surface area contributed by atoms with Crippen LogP contribution in [0.15, 0.2) is 18.6 Å². The van der Waals surface area contributed by atoms with E-state index in [1.165, 1.54) is 12.6 Å². The van der Waals surface area contributed by atoms with E-state index in [9.17, 15) is 4.79 Å². The Bertz CT molecular complexity index is 368. The van der Waals surface area contributed by atoms with Crippen LogP contribution in [0.3, 0.4) is 0 Å². The summed E-state index contributed by atoms with van der Waals surface area (Å²) in [5.74, 6) is 0.0263. The quantitative estimate of drug-likeness (QED) is 0.767. The predicted molar refractivity (Wildman–Crippen MR) is 64.6 cm³/mol. The van der Waals surface area contributed by atoms with Crippen molar-refractivity contribution in [1.82, 2.24) is 14.9 Å². The molecule has 0 unspecified atom stereocenters. The number of nitrogens with two attached hydrogens (primary N) is 1. The molecule has 92 valence electrons. The van der Waals surface area contributed by atoms with E-state index in [0.717, 1.165) is 19.4 Å². The summed E-state index contributed by atoms with van der Waals surface area (Å²) in [7, 11) is 0. The maximum absolute atomic E-state index is 12.0. The van der Waals surface area contributed by atoms with E-state index in [1.54, 1.807) is 12.4 Å². The van der Waals surface area contributed by atoms with Crippen LogP contribution in [0.4, 0.5) is 0 Å². The molecule has 5 nitrogen and oxygen atoms in total. The van der Waals surface area contributed by atoms with Gasteiger partial charge in [0.05, 0.1) is 12.7 Å². The largest absolute Gasteiger partial charge is 0.329 e. The van der Waals surface area contributed by atoms with Gasteiger partial charge in [-0.2, -0.15) is 0 Å². The first kappa shape index (κ1) is 12.1. The third-order valence-electron chi connectivity index (χ3n) is 3.22. The fraction of sp³-hybridized carbons (Fsp3) is 0.583. The lowest BCUT2D eigenvalue weighted by Gasteiger charge is -2.34. The number of ketones is 1.